The topological polar surface area (TPSA) is 57.7 Å². The predicted octanol–water partition coefficient (Wildman–Crippen LogP) is 3.84. The molecule has 4 rings (SSSR count). The van der Waals surface area contributed by atoms with Crippen molar-refractivity contribution >= 4 is 15.9 Å². The number of hydrogen-bond acceptors (Lipinski definition) is 3. The second-order valence-electron chi connectivity index (χ2n) is 8.09. The molecule has 1 aliphatic carbocycles. The summed E-state index contributed by atoms with van der Waals surface area (Å²) in [5, 5.41) is 0. The number of nitrogens with zero attached hydrogens (tertiary/aromatic N) is 2. The lowest BCUT2D eigenvalue weighted by atomic mass is 9.96. The molecule has 1 heterocycles. The summed E-state index contributed by atoms with van der Waals surface area (Å²) in [5.74, 6) is -0.114. The Morgan fingerprint density at radius 1 is 1.00 bits per heavy atom. The third-order valence-corrected chi connectivity index (χ3v) is 8.17. The van der Waals surface area contributed by atoms with E-state index in [-0.39, 0.29) is 16.8 Å². The van der Waals surface area contributed by atoms with E-state index in [1.54, 1.807) is 30.1 Å². The van der Waals surface area contributed by atoms with E-state index in [1.807, 2.05) is 12.1 Å². The van der Waals surface area contributed by atoms with E-state index >= 15 is 0 Å². The molecule has 6 heteroatoms. The van der Waals surface area contributed by atoms with Gasteiger partial charge in [-0.2, -0.15) is 4.31 Å². The Labute approximate surface area is 173 Å². The fourth-order valence-corrected chi connectivity index (χ4v) is 5.91. The smallest absolute Gasteiger partial charge is 0.254 e. The van der Waals surface area contributed by atoms with E-state index in [2.05, 4.69) is 12.1 Å². The van der Waals surface area contributed by atoms with Crippen LogP contribution in [0.2, 0.25) is 0 Å². The summed E-state index contributed by atoms with van der Waals surface area (Å²) in [6.45, 7) is 1.21. The van der Waals surface area contributed by atoms with Crippen LogP contribution in [0.15, 0.2) is 53.4 Å². The molecule has 1 amide bonds. The first-order valence-corrected chi connectivity index (χ1v) is 11.8. The third kappa shape index (κ3) is 4.09. The fourth-order valence-electron chi connectivity index (χ4n) is 4.45. The van der Waals surface area contributed by atoms with Crippen molar-refractivity contribution in [3.8, 4) is 0 Å². The molecule has 2 aliphatic rings. The molecule has 0 bridgehead atoms. The van der Waals surface area contributed by atoms with Crippen LogP contribution in [0.3, 0.4) is 0 Å². The van der Waals surface area contributed by atoms with E-state index in [0.29, 0.717) is 18.7 Å². The highest BCUT2D eigenvalue weighted by atomic mass is 32.2. The lowest BCUT2D eigenvalue weighted by Gasteiger charge is -2.31. The van der Waals surface area contributed by atoms with Crippen molar-refractivity contribution in [1.29, 1.82) is 0 Å². The molecule has 1 fully saturated rings. The Morgan fingerprint density at radius 3 is 2.48 bits per heavy atom. The first-order valence-electron chi connectivity index (χ1n) is 10.4. The number of rotatable bonds is 4. The van der Waals surface area contributed by atoms with Crippen LogP contribution in [0, 0.1) is 0 Å². The largest absolute Gasteiger partial charge is 0.334 e. The van der Waals surface area contributed by atoms with Gasteiger partial charge in [-0.05, 0) is 48.6 Å². The molecule has 1 saturated carbocycles. The second-order valence-corrected chi connectivity index (χ2v) is 10.1. The summed E-state index contributed by atoms with van der Waals surface area (Å²) in [5.41, 5.74) is 2.87. The molecule has 0 spiro atoms. The second kappa shape index (κ2) is 8.28. The number of amides is 1. The Morgan fingerprint density at radius 2 is 1.72 bits per heavy atom. The minimum atomic E-state index is -3.61. The normalized spacial score (nSPS) is 17.9. The number of hydrogen-bond donors (Lipinski definition) is 0. The predicted molar refractivity (Wildman–Crippen MR) is 113 cm³/mol. The molecule has 5 nitrogen and oxygen atoms in total. The van der Waals surface area contributed by atoms with E-state index < -0.39 is 10.0 Å². The van der Waals surface area contributed by atoms with Gasteiger partial charge in [-0.1, -0.05) is 49.6 Å². The molecule has 0 N–H and O–H groups in total. The third-order valence-electron chi connectivity index (χ3n) is 6.26. The van der Waals surface area contributed by atoms with Gasteiger partial charge in [-0.25, -0.2) is 8.42 Å². The molecule has 2 aromatic carbocycles. The monoisotopic (exact) mass is 412 g/mol. The van der Waals surface area contributed by atoms with Crippen LogP contribution >= 0.6 is 0 Å². The van der Waals surface area contributed by atoms with Crippen molar-refractivity contribution in [2.24, 2.45) is 0 Å². The Hall–Kier alpha value is -2.18. The number of carbonyl (C=O) groups is 1. The van der Waals surface area contributed by atoms with Crippen molar-refractivity contribution in [2.75, 3.05) is 13.6 Å². The number of carbonyl (C=O) groups excluding carboxylic acids is 1. The van der Waals surface area contributed by atoms with Crippen molar-refractivity contribution in [2.45, 2.75) is 56.0 Å². The van der Waals surface area contributed by atoms with Gasteiger partial charge in [0.25, 0.3) is 5.91 Å². The van der Waals surface area contributed by atoms with E-state index in [9.17, 15) is 13.2 Å². The Balaban J connectivity index is 1.54. The highest BCUT2D eigenvalue weighted by molar-refractivity contribution is 7.89. The van der Waals surface area contributed by atoms with Crippen molar-refractivity contribution in [1.82, 2.24) is 9.21 Å². The average molecular weight is 413 g/mol. The first-order chi connectivity index (χ1) is 14.0. The molecular weight excluding hydrogens is 384 g/mol. The van der Waals surface area contributed by atoms with E-state index in [0.717, 1.165) is 37.7 Å². The van der Waals surface area contributed by atoms with Gasteiger partial charge in [0.2, 0.25) is 10.0 Å². The van der Waals surface area contributed by atoms with Gasteiger partial charge in [0, 0.05) is 31.7 Å². The van der Waals surface area contributed by atoms with Crippen LogP contribution in [0.4, 0.5) is 0 Å². The lowest BCUT2D eigenvalue weighted by molar-refractivity contribution is 0.0734. The highest BCUT2D eigenvalue weighted by Crippen LogP contribution is 2.27. The van der Waals surface area contributed by atoms with Crippen LogP contribution in [0.5, 0.6) is 0 Å². The van der Waals surface area contributed by atoms with Crippen LogP contribution in [-0.4, -0.2) is 43.2 Å². The zero-order valence-corrected chi connectivity index (χ0v) is 17.7. The van der Waals surface area contributed by atoms with Crippen molar-refractivity contribution < 1.29 is 13.2 Å². The molecule has 0 unspecified atom stereocenters. The van der Waals surface area contributed by atoms with Gasteiger partial charge in [-0.15, -0.1) is 0 Å². The van der Waals surface area contributed by atoms with Gasteiger partial charge in [-0.3, -0.25) is 4.79 Å². The van der Waals surface area contributed by atoms with Crippen LogP contribution in [0.25, 0.3) is 0 Å². The van der Waals surface area contributed by atoms with Gasteiger partial charge >= 0.3 is 0 Å². The summed E-state index contributed by atoms with van der Waals surface area (Å²) >= 11 is 0. The first kappa shape index (κ1) is 20.1. The molecule has 2 aromatic rings. The maximum absolute atomic E-state index is 13.1. The molecule has 0 radical (unpaired) electrons. The molecule has 29 heavy (non-hydrogen) atoms. The minimum absolute atomic E-state index is 0.0479. The van der Waals surface area contributed by atoms with Crippen LogP contribution < -0.4 is 0 Å². The zero-order valence-electron chi connectivity index (χ0n) is 16.9. The van der Waals surface area contributed by atoms with E-state index in [1.165, 1.54) is 22.4 Å². The maximum Gasteiger partial charge on any atom is 0.254 e. The van der Waals surface area contributed by atoms with Gasteiger partial charge in [0.05, 0.1) is 4.90 Å². The molecule has 1 aliphatic heterocycles. The standard InChI is InChI=1S/C23H28N2O3S/c1-24(21-11-3-2-4-12-21)29(27,28)22-13-7-10-19(16-22)23(26)25-15-14-18-8-5-6-9-20(18)17-25/h5-10,13,16,21H,2-4,11-12,14-15,17H2,1H3. The average Bonchev–Trinajstić information content (AvgIpc) is 2.78. The van der Waals surface area contributed by atoms with Gasteiger partial charge < -0.3 is 4.90 Å². The van der Waals surface area contributed by atoms with Gasteiger partial charge in [0.15, 0.2) is 0 Å². The summed E-state index contributed by atoms with van der Waals surface area (Å²) < 4.78 is 27.8. The number of sulfonamides is 1. The summed E-state index contributed by atoms with van der Waals surface area (Å²) in [7, 11) is -1.94. The van der Waals surface area contributed by atoms with Crippen LogP contribution in [-0.2, 0) is 23.0 Å². The minimum Gasteiger partial charge on any atom is -0.334 e. The fraction of sp³-hybridized carbons (Fsp3) is 0.435. The summed E-state index contributed by atoms with van der Waals surface area (Å²) in [6, 6.07) is 14.7. The summed E-state index contributed by atoms with van der Waals surface area (Å²) in [4.78, 5) is 15.1. The number of fused-ring (bicyclic) bond motifs is 1. The molecule has 0 saturated heterocycles. The van der Waals surface area contributed by atoms with Gasteiger partial charge in [0.1, 0.15) is 0 Å². The van der Waals surface area contributed by atoms with Crippen LogP contribution in [0.1, 0.15) is 53.6 Å². The maximum atomic E-state index is 13.1. The molecule has 0 atom stereocenters. The number of benzene rings is 2. The Bertz CT molecular complexity index is 997. The zero-order chi connectivity index (χ0) is 20.4. The highest BCUT2D eigenvalue weighted by Gasteiger charge is 2.30. The molecule has 154 valence electrons. The molecular formula is C23H28N2O3S. The Kier molecular flexibility index (Phi) is 5.74. The quantitative estimate of drug-likeness (QED) is 0.767. The summed E-state index contributed by atoms with van der Waals surface area (Å²) in [6.07, 6.45) is 5.94. The lowest BCUT2D eigenvalue weighted by Crippen LogP contribution is -2.38. The SMILES string of the molecule is CN(C1CCCCC1)S(=O)(=O)c1cccc(C(=O)N2CCc3ccccc3C2)c1. The van der Waals surface area contributed by atoms with Crippen molar-refractivity contribution in [3.63, 3.8) is 0 Å². The van der Waals surface area contributed by atoms with Crippen molar-refractivity contribution in [3.05, 3.63) is 65.2 Å². The van der Waals surface area contributed by atoms with E-state index in [4.69, 9.17) is 0 Å². The molecule has 0 aromatic heterocycles.